The van der Waals surface area contributed by atoms with Crippen LogP contribution in [0.1, 0.15) is 17.5 Å². The minimum atomic E-state index is -1.10. The maximum Gasteiger partial charge on any atom is 0.0946 e. The monoisotopic (exact) mass is 442 g/mol. The zero-order chi connectivity index (χ0) is 21.9. The van der Waals surface area contributed by atoms with Gasteiger partial charge >= 0.3 is 0 Å². The molecule has 1 fully saturated rings. The predicted molar refractivity (Wildman–Crippen MR) is 137 cm³/mol. The molecule has 2 N–H and O–H groups in total. The lowest BCUT2D eigenvalue weighted by molar-refractivity contribution is 0.485. The molecule has 0 spiro atoms. The summed E-state index contributed by atoms with van der Waals surface area (Å²) >= 11 is 0. The van der Waals surface area contributed by atoms with Crippen LogP contribution in [-0.2, 0) is 19.4 Å². The second kappa shape index (κ2) is 9.31. The fourth-order valence-electron chi connectivity index (χ4n) is 4.29. The number of benzene rings is 1. The van der Waals surface area contributed by atoms with Crippen molar-refractivity contribution in [3.05, 3.63) is 42.0 Å². The lowest BCUT2D eigenvalue weighted by Crippen LogP contribution is -2.23. The van der Waals surface area contributed by atoms with Crippen LogP contribution in [0.3, 0.4) is 0 Å². The van der Waals surface area contributed by atoms with Crippen LogP contribution in [0.15, 0.2) is 30.9 Å². The number of hydrogen-bond donors (Lipinski definition) is 1. The van der Waals surface area contributed by atoms with Crippen molar-refractivity contribution in [1.82, 2.24) is 9.55 Å². The molecule has 166 valence electrons. The highest BCUT2D eigenvalue weighted by Gasteiger charge is 2.25. The van der Waals surface area contributed by atoms with Crippen LogP contribution in [-0.4, -0.2) is 38.8 Å². The van der Waals surface area contributed by atoms with E-state index >= 15 is 0 Å². The molecule has 0 saturated carbocycles. The number of nitrogens with two attached hydrogens (primary N) is 1. The Morgan fingerprint density at radius 2 is 1.60 bits per heavy atom. The molecule has 1 aliphatic rings. The van der Waals surface area contributed by atoms with E-state index < -0.39 is 16.1 Å². The summed E-state index contributed by atoms with van der Waals surface area (Å²) in [5.74, 6) is 0.688. The van der Waals surface area contributed by atoms with E-state index in [9.17, 15) is 0 Å². The Labute approximate surface area is 185 Å². The van der Waals surface area contributed by atoms with E-state index in [0.29, 0.717) is 5.92 Å². The van der Waals surface area contributed by atoms with Gasteiger partial charge in [0, 0.05) is 59.6 Å². The van der Waals surface area contributed by atoms with Gasteiger partial charge < -0.3 is 15.2 Å². The molecule has 0 amide bonds. The Balaban J connectivity index is 1.79. The Hall–Kier alpha value is -1.54. The number of nitrogen functional groups attached to an aromatic ring is 1. The molecule has 6 heteroatoms. The van der Waals surface area contributed by atoms with Crippen LogP contribution in [0.4, 0.5) is 11.4 Å². The Kier molecular flexibility index (Phi) is 7.18. The van der Waals surface area contributed by atoms with Gasteiger partial charge in [0.1, 0.15) is 0 Å². The zero-order valence-electron chi connectivity index (χ0n) is 20.0. The average Bonchev–Trinajstić information content (AvgIpc) is 3.31. The lowest BCUT2D eigenvalue weighted by atomic mass is 10.0. The van der Waals surface area contributed by atoms with Gasteiger partial charge in [-0.25, -0.2) is 4.98 Å². The molecule has 1 aromatic carbocycles. The molecule has 1 unspecified atom stereocenters. The van der Waals surface area contributed by atoms with E-state index in [1.807, 2.05) is 12.5 Å². The summed E-state index contributed by atoms with van der Waals surface area (Å²) in [4.78, 5) is 6.79. The average molecular weight is 443 g/mol. The number of nitrogens with zero attached hydrogens (tertiary/aromatic N) is 3. The highest BCUT2D eigenvalue weighted by atomic mass is 28.3. The smallest absolute Gasteiger partial charge is 0.0946 e. The standard InChI is InChI=1S/C24H42N4Si2/c1-29(2,3)13-8-21-15-23(16-22(24(21)25)9-14-30(4,5)6)28-11-7-20(18-28)17-27-12-10-26-19-27/h10,12,15-16,19-20H,7-9,11,13-14,17-18,25H2,1-6H3. The van der Waals surface area contributed by atoms with Gasteiger partial charge in [0.2, 0.25) is 0 Å². The first-order valence-corrected chi connectivity index (χ1v) is 19.0. The summed E-state index contributed by atoms with van der Waals surface area (Å²) < 4.78 is 2.22. The normalized spacial score (nSPS) is 17.7. The molecule has 2 heterocycles. The minimum Gasteiger partial charge on any atom is -0.398 e. The van der Waals surface area contributed by atoms with Crippen molar-refractivity contribution in [3.63, 3.8) is 0 Å². The first kappa shape index (κ1) is 23.1. The molecule has 1 atom stereocenters. The number of hydrogen-bond acceptors (Lipinski definition) is 3. The number of aryl methyl sites for hydroxylation is 2. The van der Waals surface area contributed by atoms with Crippen LogP contribution < -0.4 is 10.6 Å². The highest BCUT2D eigenvalue weighted by molar-refractivity contribution is 6.76. The minimum absolute atomic E-state index is 0.688. The molecule has 3 rings (SSSR count). The van der Waals surface area contributed by atoms with Crippen LogP contribution in [0.2, 0.25) is 51.4 Å². The van der Waals surface area contributed by atoms with Crippen molar-refractivity contribution < 1.29 is 0 Å². The third kappa shape index (κ3) is 6.74. The third-order valence-electron chi connectivity index (χ3n) is 6.30. The van der Waals surface area contributed by atoms with Crippen LogP contribution in [0.5, 0.6) is 0 Å². The maximum atomic E-state index is 6.73. The Morgan fingerprint density at radius 1 is 1.00 bits per heavy atom. The molecule has 0 bridgehead atoms. The van der Waals surface area contributed by atoms with Gasteiger partial charge in [-0.05, 0) is 48.4 Å². The van der Waals surface area contributed by atoms with Gasteiger partial charge in [-0.15, -0.1) is 0 Å². The summed E-state index contributed by atoms with van der Waals surface area (Å²) in [7, 11) is -2.19. The van der Waals surface area contributed by atoms with Gasteiger partial charge in [-0.3, -0.25) is 0 Å². The van der Waals surface area contributed by atoms with Crippen molar-refractivity contribution in [1.29, 1.82) is 0 Å². The second-order valence-electron chi connectivity index (χ2n) is 11.7. The van der Waals surface area contributed by atoms with Crippen molar-refractivity contribution in [2.45, 2.75) is 77.2 Å². The van der Waals surface area contributed by atoms with Crippen molar-refractivity contribution in [3.8, 4) is 0 Å². The lowest BCUT2D eigenvalue weighted by Gasteiger charge is -2.25. The molecule has 30 heavy (non-hydrogen) atoms. The van der Waals surface area contributed by atoms with Gasteiger partial charge in [-0.1, -0.05) is 51.4 Å². The summed E-state index contributed by atoms with van der Waals surface area (Å²) in [6.45, 7) is 18.1. The molecule has 2 aromatic rings. The first-order chi connectivity index (χ1) is 14.0. The fourth-order valence-corrected chi connectivity index (χ4v) is 6.32. The fraction of sp³-hybridized carbons (Fsp3) is 0.625. The Morgan fingerprint density at radius 3 is 2.10 bits per heavy atom. The van der Waals surface area contributed by atoms with Crippen LogP contribution >= 0.6 is 0 Å². The maximum absolute atomic E-state index is 6.73. The van der Waals surface area contributed by atoms with Gasteiger partial charge in [0.15, 0.2) is 0 Å². The Bertz CT molecular complexity index is 780. The molecule has 0 aliphatic carbocycles. The van der Waals surface area contributed by atoms with E-state index in [1.165, 1.54) is 35.3 Å². The summed E-state index contributed by atoms with van der Waals surface area (Å²) in [5.41, 5.74) is 12.0. The molecule has 0 radical (unpaired) electrons. The van der Waals surface area contributed by atoms with Crippen LogP contribution in [0, 0.1) is 5.92 Å². The quantitative estimate of drug-likeness (QED) is 0.397. The molecular formula is C24H42N4Si2. The summed E-state index contributed by atoms with van der Waals surface area (Å²) in [6, 6.07) is 7.43. The second-order valence-corrected chi connectivity index (χ2v) is 22.9. The van der Waals surface area contributed by atoms with E-state index in [0.717, 1.165) is 38.2 Å². The van der Waals surface area contributed by atoms with Gasteiger partial charge in [-0.2, -0.15) is 0 Å². The van der Waals surface area contributed by atoms with Gasteiger partial charge in [0.05, 0.1) is 6.33 Å². The van der Waals surface area contributed by atoms with Gasteiger partial charge in [0.25, 0.3) is 0 Å². The first-order valence-electron chi connectivity index (χ1n) is 11.6. The van der Waals surface area contributed by atoms with Crippen LogP contribution in [0.25, 0.3) is 0 Å². The van der Waals surface area contributed by atoms with E-state index in [1.54, 1.807) is 0 Å². The largest absolute Gasteiger partial charge is 0.398 e. The summed E-state index contributed by atoms with van der Waals surface area (Å²) in [5, 5.41) is 0. The topological polar surface area (TPSA) is 47.1 Å². The summed E-state index contributed by atoms with van der Waals surface area (Å²) in [6.07, 6.45) is 9.40. The SMILES string of the molecule is C[Si](C)(C)CCc1cc(N2CCC(Cn3ccnc3)C2)cc(CC[Si](C)(C)C)c1N. The predicted octanol–water partition coefficient (Wildman–Crippen LogP) is 5.75. The number of imidazole rings is 1. The zero-order valence-corrected chi connectivity index (χ0v) is 22.0. The molecular weight excluding hydrogens is 400 g/mol. The number of anilines is 2. The van der Waals surface area contributed by atoms with E-state index in [-0.39, 0.29) is 0 Å². The van der Waals surface area contributed by atoms with Crippen molar-refractivity contribution in [2.75, 3.05) is 23.7 Å². The molecule has 1 saturated heterocycles. The highest BCUT2D eigenvalue weighted by Crippen LogP contribution is 2.33. The number of aromatic nitrogens is 2. The third-order valence-corrected chi connectivity index (χ3v) is 9.80. The van der Waals surface area contributed by atoms with E-state index in [4.69, 9.17) is 5.73 Å². The molecule has 1 aromatic heterocycles. The molecule has 4 nitrogen and oxygen atoms in total. The number of rotatable bonds is 9. The molecule has 1 aliphatic heterocycles. The van der Waals surface area contributed by atoms with E-state index in [2.05, 4.69) is 72.1 Å². The van der Waals surface area contributed by atoms with Crippen molar-refractivity contribution in [2.24, 2.45) is 5.92 Å². The van der Waals surface area contributed by atoms with Crippen molar-refractivity contribution >= 4 is 27.5 Å².